The number of hydrogen-bond donors (Lipinski definition) is 1. The van der Waals surface area contributed by atoms with Crippen molar-refractivity contribution in [1.29, 1.82) is 0 Å². The highest BCUT2D eigenvalue weighted by Crippen LogP contribution is 2.19. The van der Waals surface area contributed by atoms with Crippen LogP contribution in [0.3, 0.4) is 0 Å². The van der Waals surface area contributed by atoms with Gasteiger partial charge in [-0.2, -0.15) is 0 Å². The Balaban J connectivity index is 1.77. The number of rotatable bonds is 7. The molecular formula is C21H27NO3. The van der Waals surface area contributed by atoms with E-state index in [2.05, 4.69) is 11.4 Å². The van der Waals surface area contributed by atoms with E-state index in [9.17, 15) is 4.79 Å². The molecule has 1 unspecified atom stereocenters. The number of carbonyl (C=O) groups is 1. The minimum absolute atomic E-state index is 0.150. The fraction of sp³-hybridized carbons (Fsp3) is 0.381. The minimum Gasteiger partial charge on any atom is -0.491 e. The Kier molecular flexibility index (Phi) is 6.45. The van der Waals surface area contributed by atoms with E-state index in [4.69, 9.17) is 9.47 Å². The standard InChI is InChI=1S/C21H27NO3/c1-14-6-7-16(3)20(12-14)24-11-10-22-21(23)18(5)25-19-9-8-15(2)17(4)13-19/h6-9,12-13,18H,10-11H2,1-5H3,(H,22,23). The fourth-order valence-corrected chi connectivity index (χ4v) is 2.39. The maximum Gasteiger partial charge on any atom is 0.260 e. The molecule has 0 aromatic heterocycles. The smallest absolute Gasteiger partial charge is 0.260 e. The molecule has 0 saturated carbocycles. The molecule has 4 heteroatoms. The molecule has 0 aliphatic carbocycles. The third-order valence-electron chi connectivity index (χ3n) is 4.16. The topological polar surface area (TPSA) is 47.6 Å². The van der Waals surface area contributed by atoms with Crippen LogP contribution < -0.4 is 14.8 Å². The second-order valence-corrected chi connectivity index (χ2v) is 6.41. The SMILES string of the molecule is Cc1ccc(C)c(OCCNC(=O)C(C)Oc2ccc(C)c(C)c2)c1. The second-order valence-electron chi connectivity index (χ2n) is 6.41. The van der Waals surface area contributed by atoms with Crippen molar-refractivity contribution in [2.45, 2.75) is 40.7 Å². The zero-order chi connectivity index (χ0) is 18.4. The largest absolute Gasteiger partial charge is 0.491 e. The first-order valence-corrected chi connectivity index (χ1v) is 8.58. The first kappa shape index (κ1) is 18.8. The number of ether oxygens (including phenoxy) is 2. The average Bonchev–Trinajstić information content (AvgIpc) is 2.57. The molecule has 0 heterocycles. The number of amides is 1. The van der Waals surface area contributed by atoms with Crippen molar-refractivity contribution < 1.29 is 14.3 Å². The molecule has 0 spiro atoms. The van der Waals surface area contributed by atoms with Crippen molar-refractivity contribution in [3.8, 4) is 11.5 Å². The van der Waals surface area contributed by atoms with Crippen molar-refractivity contribution in [2.24, 2.45) is 0 Å². The lowest BCUT2D eigenvalue weighted by atomic mass is 10.1. The average molecular weight is 341 g/mol. The summed E-state index contributed by atoms with van der Waals surface area (Å²) >= 11 is 0. The molecule has 0 saturated heterocycles. The van der Waals surface area contributed by atoms with Gasteiger partial charge >= 0.3 is 0 Å². The van der Waals surface area contributed by atoms with Crippen LogP contribution in [0.2, 0.25) is 0 Å². The molecule has 0 bridgehead atoms. The van der Waals surface area contributed by atoms with Crippen LogP contribution in [-0.4, -0.2) is 25.2 Å². The van der Waals surface area contributed by atoms with Crippen molar-refractivity contribution >= 4 is 5.91 Å². The van der Waals surface area contributed by atoms with E-state index < -0.39 is 6.10 Å². The number of hydrogen-bond acceptors (Lipinski definition) is 3. The van der Waals surface area contributed by atoms with Gasteiger partial charge in [0.2, 0.25) is 0 Å². The molecule has 1 N–H and O–H groups in total. The summed E-state index contributed by atoms with van der Waals surface area (Å²) in [6.07, 6.45) is -0.553. The number of nitrogens with one attached hydrogen (secondary N) is 1. The normalized spacial score (nSPS) is 11.7. The monoisotopic (exact) mass is 341 g/mol. The highest BCUT2D eigenvalue weighted by molar-refractivity contribution is 5.80. The lowest BCUT2D eigenvalue weighted by Gasteiger charge is -2.16. The highest BCUT2D eigenvalue weighted by atomic mass is 16.5. The molecule has 134 valence electrons. The van der Waals surface area contributed by atoms with E-state index >= 15 is 0 Å². The maximum atomic E-state index is 12.1. The van der Waals surface area contributed by atoms with Crippen molar-refractivity contribution in [3.05, 3.63) is 58.7 Å². The van der Waals surface area contributed by atoms with Gasteiger partial charge < -0.3 is 14.8 Å². The predicted octanol–water partition coefficient (Wildman–Crippen LogP) is 3.88. The van der Waals surface area contributed by atoms with E-state index in [1.165, 1.54) is 5.56 Å². The van der Waals surface area contributed by atoms with E-state index in [1.54, 1.807) is 6.92 Å². The van der Waals surface area contributed by atoms with Gasteiger partial charge in [0.25, 0.3) is 5.91 Å². The van der Waals surface area contributed by atoms with Crippen LogP contribution in [-0.2, 0) is 4.79 Å². The van der Waals surface area contributed by atoms with Gasteiger partial charge in [-0.1, -0.05) is 18.2 Å². The van der Waals surface area contributed by atoms with Crippen LogP contribution in [0, 0.1) is 27.7 Å². The van der Waals surface area contributed by atoms with Crippen LogP contribution in [0.4, 0.5) is 0 Å². The summed E-state index contributed by atoms with van der Waals surface area (Å²) in [6.45, 7) is 10.7. The zero-order valence-corrected chi connectivity index (χ0v) is 15.7. The Bertz CT molecular complexity index is 740. The predicted molar refractivity (Wildman–Crippen MR) is 100 cm³/mol. The minimum atomic E-state index is -0.553. The summed E-state index contributed by atoms with van der Waals surface area (Å²) in [5.41, 5.74) is 4.59. The van der Waals surface area contributed by atoms with Crippen molar-refractivity contribution in [2.75, 3.05) is 13.2 Å². The summed E-state index contributed by atoms with van der Waals surface area (Å²) in [6, 6.07) is 11.9. The molecule has 0 fully saturated rings. The third kappa shape index (κ3) is 5.52. The second kappa shape index (κ2) is 8.56. The van der Waals surface area contributed by atoms with Gasteiger partial charge in [0.1, 0.15) is 18.1 Å². The van der Waals surface area contributed by atoms with E-state index in [0.717, 1.165) is 22.4 Å². The molecule has 0 aliphatic rings. The van der Waals surface area contributed by atoms with Crippen molar-refractivity contribution in [3.63, 3.8) is 0 Å². The lowest BCUT2D eigenvalue weighted by molar-refractivity contribution is -0.127. The Hall–Kier alpha value is -2.49. The molecule has 25 heavy (non-hydrogen) atoms. The number of benzene rings is 2. The first-order chi connectivity index (χ1) is 11.9. The molecule has 0 aliphatic heterocycles. The van der Waals surface area contributed by atoms with E-state index in [0.29, 0.717) is 18.9 Å². The summed E-state index contributed by atoms with van der Waals surface area (Å²) in [5.74, 6) is 1.41. The molecule has 4 nitrogen and oxygen atoms in total. The molecule has 2 aromatic carbocycles. The van der Waals surface area contributed by atoms with Gasteiger partial charge in [0.05, 0.1) is 6.54 Å². The van der Waals surface area contributed by atoms with Gasteiger partial charge in [-0.25, -0.2) is 0 Å². The summed E-state index contributed by atoms with van der Waals surface area (Å²) in [7, 11) is 0. The van der Waals surface area contributed by atoms with Crippen LogP contribution >= 0.6 is 0 Å². The van der Waals surface area contributed by atoms with Crippen molar-refractivity contribution in [1.82, 2.24) is 5.32 Å². The van der Waals surface area contributed by atoms with Gasteiger partial charge in [0, 0.05) is 0 Å². The van der Waals surface area contributed by atoms with Gasteiger partial charge in [0.15, 0.2) is 6.10 Å². The quantitative estimate of drug-likeness (QED) is 0.778. The first-order valence-electron chi connectivity index (χ1n) is 8.58. The molecule has 2 aromatic rings. The molecular weight excluding hydrogens is 314 g/mol. The number of carbonyl (C=O) groups excluding carboxylic acids is 1. The summed E-state index contributed by atoms with van der Waals surface area (Å²) in [4.78, 5) is 12.1. The Morgan fingerprint density at radius 1 is 1.00 bits per heavy atom. The van der Waals surface area contributed by atoms with E-state index in [-0.39, 0.29) is 5.91 Å². The van der Waals surface area contributed by atoms with Crippen LogP contribution in [0.1, 0.15) is 29.2 Å². The summed E-state index contributed by atoms with van der Waals surface area (Å²) in [5, 5.41) is 2.84. The highest BCUT2D eigenvalue weighted by Gasteiger charge is 2.14. The Labute approximate surface area is 150 Å². The molecule has 1 amide bonds. The Morgan fingerprint density at radius 2 is 1.72 bits per heavy atom. The van der Waals surface area contributed by atoms with Crippen LogP contribution in [0.15, 0.2) is 36.4 Å². The molecule has 0 radical (unpaired) electrons. The van der Waals surface area contributed by atoms with Crippen LogP contribution in [0.5, 0.6) is 11.5 Å². The lowest BCUT2D eigenvalue weighted by Crippen LogP contribution is -2.38. The fourth-order valence-electron chi connectivity index (χ4n) is 2.39. The van der Waals surface area contributed by atoms with Gasteiger partial charge in [-0.05, 0) is 75.1 Å². The van der Waals surface area contributed by atoms with Crippen LogP contribution in [0.25, 0.3) is 0 Å². The Morgan fingerprint density at radius 3 is 2.44 bits per heavy atom. The third-order valence-corrected chi connectivity index (χ3v) is 4.16. The molecule has 2 rings (SSSR count). The van der Waals surface area contributed by atoms with Gasteiger partial charge in [-0.3, -0.25) is 4.79 Å². The summed E-state index contributed by atoms with van der Waals surface area (Å²) < 4.78 is 11.4. The van der Waals surface area contributed by atoms with Gasteiger partial charge in [-0.15, -0.1) is 0 Å². The molecule has 1 atom stereocenters. The maximum absolute atomic E-state index is 12.1. The zero-order valence-electron chi connectivity index (χ0n) is 15.7. The van der Waals surface area contributed by atoms with E-state index in [1.807, 2.05) is 58.0 Å². The number of aryl methyl sites for hydroxylation is 4.